The first-order valence-corrected chi connectivity index (χ1v) is 6.24. The molecule has 1 aliphatic heterocycles. The van der Waals surface area contributed by atoms with Crippen molar-refractivity contribution in [1.82, 2.24) is 4.90 Å². The van der Waals surface area contributed by atoms with Gasteiger partial charge in [0.25, 0.3) is 0 Å². The number of nitrogens with zero attached hydrogens (tertiary/aromatic N) is 1. The van der Waals surface area contributed by atoms with Gasteiger partial charge in [0.2, 0.25) is 0 Å². The molecule has 0 radical (unpaired) electrons. The number of hydrogen-bond acceptors (Lipinski definition) is 2. The highest BCUT2D eigenvalue weighted by atomic mass is 15.2. The van der Waals surface area contributed by atoms with Crippen LogP contribution in [0.4, 0.5) is 0 Å². The van der Waals surface area contributed by atoms with E-state index in [9.17, 15) is 0 Å². The Hall–Kier alpha value is -0.860. The number of benzene rings is 1. The third-order valence-electron chi connectivity index (χ3n) is 3.43. The lowest BCUT2D eigenvalue weighted by atomic mass is 9.99. The van der Waals surface area contributed by atoms with Crippen LogP contribution in [-0.4, -0.2) is 24.5 Å². The Morgan fingerprint density at radius 3 is 2.12 bits per heavy atom. The van der Waals surface area contributed by atoms with Crippen LogP contribution in [0.2, 0.25) is 0 Å². The quantitative estimate of drug-likeness (QED) is 0.841. The van der Waals surface area contributed by atoms with E-state index in [0.717, 1.165) is 6.54 Å². The lowest BCUT2D eigenvalue weighted by Crippen LogP contribution is -2.41. The highest BCUT2D eigenvalue weighted by Crippen LogP contribution is 2.19. The van der Waals surface area contributed by atoms with Crippen LogP contribution in [0.25, 0.3) is 0 Å². The number of rotatable bonds is 4. The molecule has 1 heterocycles. The number of hydrogen-bond donors (Lipinski definition) is 1. The van der Waals surface area contributed by atoms with E-state index >= 15 is 0 Å². The second-order valence-electron chi connectivity index (χ2n) is 5.08. The van der Waals surface area contributed by atoms with Gasteiger partial charge in [-0.3, -0.25) is 0 Å². The van der Waals surface area contributed by atoms with E-state index in [4.69, 9.17) is 5.73 Å². The molecule has 1 aromatic carbocycles. The molecule has 16 heavy (non-hydrogen) atoms. The summed E-state index contributed by atoms with van der Waals surface area (Å²) in [5, 5.41) is 0. The van der Waals surface area contributed by atoms with Crippen molar-refractivity contribution in [1.29, 1.82) is 0 Å². The molecule has 2 nitrogen and oxygen atoms in total. The highest BCUT2D eigenvalue weighted by Gasteiger charge is 2.17. The van der Waals surface area contributed by atoms with Crippen LogP contribution in [0, 0.1) is 0 Å². The van der Waals surface area contributed by atoms with Crippen LogP contribution in [0.1, 0.15) is 43.4 Å². The van der Waals surface area contributed by atoms with Crippen molar-refractivity contribution in [2.75, 3.05) is 19.6 Å². The van der Waals surface area contributed by atoms with Crippen molar-refractivity contribution in [3.8, 4) is 0 Å². The molecule has 2 N–H and O–H groups in total. The molecule has 0 aromatic heterocycles. The molecule has 1 fully saturated rings. The zero-order valence-electron chi connectivity index (χ0n) is 10.3. The molecule has 1 aromatic rings. The molecule has 1 aliphatic rings. The third kappa shape index (κ3) is 2.63. The zero-order valence-corrected chi connectivity index (χ0v) is 10.3. The first kappa shape index (κ1) is 11.6. The fourth-order valence-electron chi connectivity index (χ4n) is 2.08. The molecule has 88 valence electrons. The van der Waals surface area contributed by atoms with E-state index in [1.165, 1.54) is 30.6 Å². The van der Waals surface area contributed by atoms with Gasteiger partial charge in [0.15, 0.2) is 0 Å². The van der Waals surface area contributed by atoms with Crippen molar-refractivity contribution < 1.29 is 0 Å². The standard InChI is InChI=1S/C14H22N2/c1-11(2)12-4-6-13(7-5-12)14(15)10-16-8-3-9-16/h4-7,11,14H,3,8-10,15H2,1-2H3. The second kappa shape index (κ2) is 4.98. The molecular weight excluding hydrogens is 196 g/mol. The van der Waals surface area contributed by atoms with Crippen LogP contribution in [0.5, 0.6) is 0 Å². The maximum absolute atomic E-state index is 6.19. The molecule has 1 saturated heterocycles. The molecule has 0 bridgehead atoms. The van der Waals surface area contributed by atoms with Gasteiger partial charge < -0.3 is 10.6 Å². The molecule has 2 heteroatoms. The molecule has 1 atom stereocenters. The van der Waals surface area contributed by atoms with Crippen molar-refractivity contribution in [3.63, 3.8) is 0 Å². The van der Waals surface area contributed by atoms with E-state index in [0.29, 0.717) is 5.92 Å². The van der Waals surface area contributed by atoms with E-state index in [2.05, 4.69) is 43.0 Å². The van der Waals surface area contributed by atoms with Gasteiger partial charge in [-0.05, 0) is 36.6 Å². The van der Waals surface area contributed by atoms with Gasteiger partial charge in [-0.15, -0.1) is 0 Å². The molecule has 0 spiro atoms. The number of likely N-dealkylation sites (tertiary alicyclic amines) is 1. The van der Waals surface area contributed by atoms with Crippen molar-refractivity contribution >= 4 is 0 Å². The summed E-state index contributed by atoms with van der Waals surface area (Å²) in [6, 6.07) is 8.94. The molecule has 0 aliphatic carbocycles. The van der Waals surface area contributed by atoms with Crippen LogP contribution in [0.3, 0.4) is 0 Å². The van der Waals surface area contributed by atoms with Crippen molar-refractivity contribution in [2.24, 2.45) is 5.73 Å². The normalized spacial score (nSPS) is 18.5. The maximum Gasteiger partial charge on any atom is 0.0424 e. The van der Waals surface area contributed by atoms with Crippen molar-refractivity contribution in [3.05, 3.63) is 35.4 Å². The van der Waals surface area contributed by atoms with Gasteiger partial charge >= 0.3 is 0 Å². The van der Waals surface area contributed by atoms with Gasteiger partial charge in [-0.25, -0.2) is 0 Å². The summed E-state index contributed by atoms with van der Waals surface area (Å²) in [4.78, 5) is 2.42. The van der Waals surface area contributed by atoms with E-state index < -0.39 is 0 Å². The largest absolute Gasteiger partial charge is 0.323 e. The summed E-state index contributed by atoms with van der Waals surface area (Å²) in [5.74, 6) is 0.598. The fraction of sp³-hybridized carbons (Fsp3) is 0.571. The van der Waals surface area contributed by atoms with Crippen molar-refractivity contribution in [2.45, 2.75) is 32.2 Å². The van der Waals surface area contributed by atoms with E-state index in [-0.39, 0.29) is 6.04 Å². The average molecular weight is 218 g/mol. The summed E-state index contributed by atoms with van der Waals surface area (Å²) in [6.45, 7) is 7.88. The molecule has 0 amide bonds. The van der Waals surface area contributed by atoms with E-state index in [1.54, 1.807) is 0 Å². The van der Waals surface area contributed by atoms with Crippen LogP contribution in [0.15, 0.2) is 24.3 Å². The summed E-state index contributed by atoms with van der Waals surface area (Å²) < 4.78 is 0. The Balaban J connectivity index is 1.97. The molecular formula is C14H22N2. The molecule has 2 rings (SSSR count). The van der Waals surface area contributed by atoms with Gasteiger partial charge in [0.1, 0.15) is 0 Å². The molecule has 0 saturated carbocycles. The Morgan fingerprint density at radius 1 is 1.12 bits per heavy atom. The first-order chi connectivity index (χ1) is 7.66. The summed E-state index contributed by atoms with van der Waals surface area (Å²) in [5.41, 5.74) is 8.84. The Bertz CT molecular complexity index is 325. The minimum atomic E-state index is 0.168. The summed E-state index contributed by atoms with van der Waals surface area (Å²) in [6.07, 6.45) is 1.33. The Kier molecular flexibility index (Phi) is 3.62. The van der Waals surface area contributed by atoms with Crippen LogP contribution >= 0.6 is 0 Å². The minimum Gasteiger partial charge on any atom is -0.323 e. The highest BCUT2D eigenvalue weighted by molar-refractivity contribution is 5.26. The maximum atomic E-state index is 6.19. The van der Waals surface area contributed by atoms with Gasteiger partial charge in [-0.1, -0.05) is 38.1 Å². The predicted octanol–water partition coefficient (Wildman–Crippen LogP) is 2.52. The average Bonchev–Trinajstić information content (AvgIpc) is 2.23. The lowest BCUT2D eigenvalue weighted by molar-refractivity contribution is 0.170. The second-order valence-corrected chi connectivity index (χ2v) is 5.08. The first-order valence-electron chi connectivity index (χ1n) is 6.24. The Morgan fingerprint density at radius 2 is 1.69 bits per heavy atom. The summed E-state index contributed by atoms with van der Waals surface area (Å²) >= 11 is 0. The lowest BCUT2D eigenvalue weighted by Gasteiger charge is -2.33. The summed E-state index contributed by atoms with van der Waals surface area (Å²) in [7, 11) is 0. The van der Waals surface area contributed by atoms with Crippen LogP contribution < -0.4 is 5.73 Å². The monoisotopic (exact) mass is 218 g/mol. The SMILES string of the molecule is CC(C)c1ccc(C(N)CN2CCC2)cc1. The van der Waals surface area contributed by atoms with Crippen LogP contribution in [-0.2, 0) is 0 Å². The Labute approximate surface area is 98.4 Å². The topological polar surface area (TPSA) is 29.3 Å². The predicted molar refractivity (Wildman–Crippen MR) is 68.5 cm³/mol. The van der Waals surface area contributed by atoms with Gasteiger partial charge in [0.05, 0.1) is 0 Å². The zero-order chi connectivity index (χ0) is 11.5. The fourth-order valence-corrected chi connectivity index (χ4v) is 2.08. The van der Waals surface area contributed by atoms with Gasteiger partial charge in [-0.2, -0.15) is 0 Å². The number of nitrogens with two attached hydrogens (primary N) is 1. The smallest absolute Gasteiger partial charge is 0.0424 e. The third-order valence-corrected chi connectivity index (χ3v) is 3.43. The van der Waals surface area contributed by atoms with E-state index in [1.807, 2.05) is 0 Å². The minimum absolute atomic E-state index is 0.168. The van der Waals surface area contributed by atoms with Gasteiger partial charge in [0, 0.05) is 12.6 Å². The molecule has 1 unspecified atom stereocenters.